The monoisotopic (exact) mass is 515 g/mol. The van der Waals surface area contributed by atoms with Crippen molar-refractivity contribution in [3.63, 3.8) is 0 Å². The number of aromatic nitrogens is 2. The number of ether oxygens (including phenoxy) is 1. The Labute approximate surface area is 219 Å². The molecule has 190 valence electrons. The van der Waals surface area contributed by atoms with E-state index in [-0.39, 0.29) is 30.4 Å². The Bertz CT molecular complexity index is 1350. The fourth-order valence-electron chi connectivity index (χ4n) is 4.34. The summed E-state index contributed by atoms with van der Waals surface area (Å²) in [6, 6.07) is 23.1. The van der Waals surface area contributed by atoms with Crippen molar-refractivity contribution in [3.8, 4) is 16.3 Å². The van der Waals surface area contributed by atoms with E-state index in [0.717, 1.165) is 16.0 Å². The highest BCUT2D eigenvalue weighted by Crippen LogP contribution is 2.29. The van der Waals surface area contributed by atoms with Crippen LogP contribution in [0.15, 0.2) is 78.2 Å². The molecule has 2 aromatic heterocycles. The number of rotatable bonds is 8. The topological polar surface area (TPSA) is 97.3 Å². The van der Waals surface area contributed by atoms with Gasteiger partial charge in [-0.3, -0.25) is 14.9 Å². The third-order valence-electron chi connectivity index (χ3n) is 6.35. The van der Waals surface area contributed by atoms with E-state index in [4.69, 9.17) is 9.84 Å². The molecule has 0 radical (unpaired) electrons. The van der Waals surface area contributed by atoms with Gasteiger partial charge in [0.15, 0.2) is 12.9 Å². The highest BCUT2D eigenvalue weighted by atomic mass is 32.1. The van der Waals surface area contributed by atoms with Gasteiger partial charge in [0.25, 0.3) is 5.91 Å². The lowest BCUT2D eigenvalue weighted by Crippen LogP contribution is -2.58. The summed E-state index contributed by atoms with van der Waals surface area (Å²) in [6.07, 6.45) is 0.0177. The molecule has 1 aliphatic rings. The molecule has 3 heterocycles. The van der Waals surface area contributed by atoms with Crippen LogP contribution >= 0.6 is 11.3 Å². The number of carbonyl (C=O) groups excluding carboxylic acids is 2. The van der Waals surface area contributed by atoms with Gasteiger partial charge in [-0.1, -0.05) is 54.1 Å². The third-order valence-corrected chi connectivity index (χ3v) is 7.24. The number of aryl methyl sites for hydroxylation is 1. The molecule has 0 bridgehead atoms. The number of anilines is 1. The predicted molar refractivity (Wildman–Crippen MR) is 144 cm³/mol. The molecule has 0 saturated carbocycles. The van der Waals surface area contributed by atoms with Crippen LogP contribution in [0.4, 0.5) is 5.82 Å². The summed E-state index contributed by atoms with van der Waals surface area (Å²) in [5.74, 6) is 0.470. The Kier molecular flexibility index (Phi) is 7.34. The molecule has 1 aliphatic heterocycles. The maximum Gasteiger partial charge on any atom is 0.263 e. The first kappa shape index (κ1) is 24.7. The van der Waals surface area contributed by atoms with E-state index < -0.39 is 6.29 Å². The molecular weight excluding hydrogens is 486 g/mol. The van der Waals surface area contributed by atoms with E-state index in [1.807, 2.05) is 92.0 Å². The molecule has 2 aromatic carbocycles. The average molecular weight is 516 g/mol. The van der Waals surface area contributed by atoms with Crippen LogP contribution in [0.25, 0.3) is 10.6 Å². The van der Waals surface area contributed by atoms with Crippen LogP contribution in [0.2, 0.25) is 0 Å². The number of benzene rings is 2. The number of hydrogen-bond donors (Lipinski definition) is 3. The first-order chi connectivity index (χ1) is 18.0. The first-order valence-electron chi connectivity index (χ1n) is 12.2. The van der Waals surface area contributed by atoms with Crippen LogP contribution in [0.3, 0.4) is 0 Å². The van der Waals surface area contributed by atoms with Crippen molar-refractivity contribution in [2.24, 2.45) is 5.92 Å². The minimum absolute atomic E-state index is 0.0618. The van der Waals surface area contributed by atoms with Gasteiger partial charge in [-0.25, -0.2) is 4.68 Å². The van der Waals surface area contributed by atoms with Crippen LogP contribution in [0, 0.1) is 12.8 Å². The zero-order valence-electron chi connectivity index (χ0n) is 20.7. The Morgan fingerprint density at radius 1 is 1.11 bits per heavy atom. The van der Waals surface area contributed by atoms with Gasteiger partial charge >= 0.3 is 0 Å². The number of carbonyl (C=O) groups is 2. The van der Waals surface area contributed by atoms with Gasteiger partial charge in [-0.05, 0) is 49.4 Å². The number of amides is 2. The van der Waals surface area contributed by atoms with E-state index in [1.54, 1.807) is 16.0 Å². The van der Waals surface area contributed by atoms with Gasteiger partial charge in [-0.15, -0.1) is 11.3 Å². The molecule has 0 aliphatic carbocycles. The SMILES string of the molecule is Cc1ccc(OCC(=O)Nc2cc(-c3cccs3)nn2C2NC(=O)C(Cc3ccccc3)C(C)N2)cc1. The largest absolute Gasteiger partial charge is 0.484 e. The van der Waals surface area contributed by atoms with Gasteiger partial charge in [0.2, 0.25) is 5.91 Å². The molecule has 1 fully saturated rings. The highest BCUT2D eigenvalue weighted by Gasteiger charge is 2.35. The Morgan fingerprint density at radius 2 is 1.89 bits per heavy atom. The lowest BCUT2D eigenvalue weighted by Gasteiger charge is -2.36. The van der Waals surface area contributed by atoms with Gasteiger partial charge < -0.3 is 15.4 Å². The first-order valence-corrected chi connectivity index (χ1v) is 13.1. The summed E-state index contributed by atoms with van der Waals surface area (Å²) in [6.45, 7) is 3.84. The number of nitrogens with one attached hydrogen (secondary N) is 3. The Hall–Kier alpha value is -3.95. The van der Waals surface area contributed by atoms with E-state index in [9.17, 15) is 9.59 Å². The quantitative estimate of drug-likeness (QED) is 0.324. The molecule has 3 unspecified atom stereocenters. The molecular formula is C28H29N5O3S. The summed E-state index contributed by atoms with van der Waals surface area (Å²) < 4.78 is 7.26. The summed E-state index contributed by atoms with van der Waals surface area (Å²) in [5, 5.41) is 16.1. The number of hydrogen-bond acceptors (Lipinski definition) is 6. The third kappa shape index (κ3) is 5.90. The van der Waals surface area contributed by atoms with Crippen molar-refractivity contribution in [1.29, 1.82) is 0 Å². The fraction of sp³-hybridized carbons (Fsp3) is 0.250. The van der Waals surface area contributed by atoms with Crippen LogP contribution in [-0.2, 0) is 16.0 Å². The molecule has 4 aromatic rings. The van der Waals surface area contributed by atoms with Crippen LogP contribution in [0.1, 0.15) is 24.3 Å². The van der Waals surface area contributed by atoms with Gasteiger partial charge in [0.05, 0.1) is 10.8 Å². The van der Waals surface area contributed by atoms with Gasteiger partial charge in [0, 0.05) is 12.1 Å². The molecule has 2 amide bonds. The number of thiophene rings is 1. The predicted octanol–water partition coefficient (Wildman–Crippen LogP) is 4.36. The smallest absolute Gasteiger partial charge is 0.263 e. The summed E-state index contributed by atoms with van der Waals surface area (Å²) >= 11 is 1.55. The van der Waals surface area contributed by atoms with Crippen LogP contribution in [0.5, 0.6) is 5.75 Å². The second-order valence-corrected chi connectivity index (χ2v) is 10.1. The van der Waals surface area contributed by atoms with E-state index in [1.165, 1.54) is 0 Å². The highest BCUT2D eigenvalue weighted by molar-refractivity contribution is 7.13. The normalized spacial score (nSPS) is 19.3. The average Bonchev–Trinajstić information content (AvgIpc) is 3.57. The molecule has 9 heteroatoms. The molecule has 1 saturated heterocycles. The molecule has 37 heavy (non-hydrogen) atoms. The van der Waals surface area contributed by atoms with E-state index in [2.05, 4.69) is 16.0 Å². The van der Waals surface area contributed by atoms with Gasteiger partial charge in [-0.2, -0.15) is 5.10 Å². The Balaban J connectivity index is 1.32. The number of nitrogens with zero attached hydrogens (tertiary/aromatic N) is 2. The van der Waals surface area contributed by atoms with Crippen molar-refractivity contribution < 1.29 is 14.3 Å². The van der Waals surface area contributed by atoms with Crippen molar-refractivity contribution in [2.45, 2.75) is 32.6 Å². The van der Waals surface area contributed by atoms with Crippen molar-refractivity contribution in [2.75, 3.05) is 11.9 Å². The Morgan fingerprint density at radius 3 is 2.59 bits per heavy atom. The van der Waals surface area contributed by atoms with E-state index in [0.29, 0.717) is 23.7 Å². The molecule has 3 N–H and O–H groups in total. The maximum absolute atomic E-state index is 13.1. The zero-order valence-corrected chi connectivity index (χ0v) is 21.5. The lowest BCUT2D eigenvalue weighted by atomic mass is 9.91. The molecule has 3 atom stereocenters. The molecule has 5 rings (SSSR count). The fourth-order valence-corrected chi connectivity index (χ4v) is 5.02. The van der Waals surface area contributed by atoms with Crippen molar-refractivity contribution in [3.05, 3.63) is 89.3 Å². The molecule has 8 nitrogen and oxygen atoms in total. The summed E-state index contributed by atoms with van der Waals surface area (Å²) in [7, 11) is 0. The minimum Gasteiger partial charge on any atom is -0.484 e. The second-order valence-electron chi connectivity index (χ2n) is 9.15. The minimum atomic E-state index is -0.614. The lowest BCUT2D eigenvalue weighted by molar-refractivity contribution is -0.130. The van der Waals surface area contributed by atoms with Crippen LogP contribution in [-0.4, -0.2) is 34.2 Å². The van der Waals surface area contributed by atoms with Gasteiger partial charge in [0.1, 0.15) is 17.3 Å². The molecule has 0 spiro atoms. The van der Waals surface area contributed by atoms with Crippen LogP contribution < -0.4 is 20.7 Å². The summed E-state index contributed by atoms with van der Waals surface area (Å²) in [5.41, 5.74) is 2.93. The standard InChI is InChI=1S/C28H29N5O3S/c1-18-10-12-21(13-11-18)36-17-26(34)30-25-16-23(24-9-6-14-37-24)32-33(25)28-29-19(2)22(27(35)31-28)15-20-7-4-3-5-8-20/h3-14,16,19,22,28-29H,15,17H2,1-2H3,(H,30,34)(H,31,35). The summed E-state index contributed by atoms with van der Waals surface area (Å²) in [4.78, 5) is 26.9. The van der Waals surface area contributed by atoms with Crippen molar-refractivity contribution in [1.82, 2.24) is 20.4 Å². The van der Waals surface area contributed by atoms with Crippen molar-refractivity contribution >= 4 is 29.0 Å². The second kappa shape index (κ2) is 11.0. The zero-order chi connectivity index (χ0) is 25.8. The van der Waals surface area contributed by atoms with E-state index >= 15 is 0 Å². The maximum atomic E-state index is 13.1.